The average molecular weight is 393 g/mol. The molecule has 1 aromatic heterocycles. The van der Waals surface area contributed by atoms with E-state index in [1.807, 2.05) is 0 Å². The SMILES string of the molecule is CC(C)Cc1nc(-c2ccc(C3CC3)cc2)nc(N)c1I. The van der Waals surface area contributed by atoms with Gasteiger partial charge >= 0.3 is 0 Å². The summed E-state index contributed by atoms with van der Waals surface area (Å²) in [7, 11) is 0. The zero-order valence-corrected chi connectivity index (χ0v) is 14.6. The van der Waals surface area contributed by atoms with Crippen molar-refractivity contribution in [2.45, 2.75) is 39.0 Å². The minimum atomic E-state index is 0.554. The maximum Gasteiger partial charge on any atom is 0.161 e. The summed E-state index contributed by atoms with van der Waals surface area (Å²) >= 11 is 2.25. The van der Waals surface area contributed by atoms with Gasteiger partial charge in [-0.05, 0) is 59.3 Å². The van der Waals surface area contributed by atoms with Gasteiger partial charge in [-0.25, -0.2) is 9.97 Å². The van der Waals surface area contributed by atoms with E-state index in [2.05, 4.69) is 65.7 Å². The van der Waals surface area contributed by atoms with Crippen molar-refractivity contribution in [2.24, 2.45) is 5.92 Å². The molecule has 1 aromatic carbocycles. The van der Waals surface area contributed by atoms with Crippen LogP contribution in [0.4, 0.5) is 5.82 Å². The van der Waals surface area contributed by atoms with E-state index in [0.29, 0.717) is 11.7 Å². The Balaban J connectivity index is 1.95. The van der Waals surface area contributed by atoms with Gasteiger partial charge in [0.25, 0.3) is 0 Å². The van der Waals surface area contributed by atoms with Gasteiger partial charge in [-0.3, -0.25) is 0 Å². The van der Waals surface area contributed by atoms with E-state index in [4.69, 9.17) is 10.7 Å². The van der Waals surface area contributed by atoms with Gasteiger partial charge in [0.2, 0.25) is 0 Å². The topological polar surface area (TPSA) is 51.8 Å². The van der Waals surface area contributed by atoms with E-state index in [1.54, 1.807) is 0 Å². The number of nitrogen functional groups attached to an aromatic ring is 1. The van der Waals surface area contributed by atoms with Crippen molar-refractivity contribution >= 4 is 28.4 Å². The largest absolute Gasteiger partial charge is 0.383 e. The van der Waals surface area contributed by atoms with Crippen LogP contribution in [0, 0.1) is 9.49 Å². The third-order valence-corrected chi connectivity index (χ3v) is 4.94. The Morgan fingerprint density at radius 3 is 2.43 bits per heavy atom. The second-order valence-electron chi connectivity index (χ2n) is 6.19. The number of benzene rings is 1. The van der Waals surface area contributed by atoms with Crippen LogP contribution in [0.5, 0.6) is 0 Å². The molecule has 2 N–H and O–H groups in total. The Hall–Kier alpha value is -1.17. The molecule has 1 aliphatic carbocycles. The summed E-state index contributed by atoms with van der Waals surface area (Å²) in [5, 5.41) is 0. The molecule has 2 aromatic rings. The number of rotatable bonds is 4. The molecular weight excluding hydrogens is 373 g/mol. The number of hydrogen-bond donors (Lipinski definition) is 1. The molecular formula is C17H20IN3. The van der Waals surface area contributed by atoms with Crippen LogP contribution in [0.15, 0.2) is 24.3 Å². The molecule has 21 heavy (non-hydrogen) atoms. The molecule has 0 aliphatic heterocycles. The second-order valence-corrected chi connectivity index (χ2v) is 7.27. The molecule has 0 spiro atoms. The molecule has 1 fully saturated rings. The molecule has 0 unspecified atom stereocenters. The lowest BCUT2D eigenvalue weighted by Crippen LogP contribution is -2.07. The van der Waals surface area contributed by atoms with Crippen LogP contribution in [-0.2, 0) is 6.42 Å². The number of halogens is 1. The van der Waals surface area contributed by atoms with Crippen molar-refractivity contribution in [1.82, 2.24) is 9.97 Å². The van der Waals surface area contributed by atoms with E-state index in [1.165, 1.54) is 18.4 Å². The molecule has 3 rings (SSSR count). The van der Waals surface area contributed by atoms with Gasteiger partial charge < -0.3 is 5.73 Å². The first kappa shape index (κ1) is 14.8. The van der Waals surface area contributed by atoms with Gasteiger partial charge in [-0.15, -0.1) is 0 Å². The first-order chi connectivity index (χ1) is 10.0. The highest BCUT2D eigenvalue weighted by atomic mass is 127. The van der Waals surface area contributed by atoms with Crippen molar-refractivity contribution in [3.8, 4) is 11.4 Å². The number of aromatic nitrogens is 2. The summed E-state index contributed by atoms with van der Waals surface area (Å²) in [5.41, 5.74) is 9.60. The van der Waals surface area contributed by atoms with E-state index < -0.39 is 0 Å². The van der Waals surface area contributed by atoms with Crippen LogP contribution in [-0.4, -0.2) is 9.97 Å². The number of nitrogens with zero attached hydrogens (tertiary/aromatic N) is 2. The normalized spacial score (nSPS) is 14.7. The maximum atomic E-state index is 6.06. The van der Waals surface area contributed by atoms with Crippen LogP contribution >= 0.6 is 22.6 Å². The number of anilines is 1. The quantitative estimate of drug-likeness (QED) is 0.784. The maximum absolute atomic E-state index is 6.06. The van der Waals surface area contributed by atoms with E-state index in [0.717, 1.165) is 33.0 Å². The average Bonchev–Trinajstić information content (AvgIpc) is 3.28. The van der Waals surface area contributed by atoms with Crippen molar-refractivity contribution in [3.63, 3.8) is 0 Å². The second kappa shape index (κ2) is 5.91. The van der Waals surface area contributed by atoms with E-state index in [9.17, 15) is 0 Å². The summed E-state index contributed by atoms with van der Waals surface area (Å²) in [5.74, 6) is 2.66. The van der Waals surface area contributed by atoms with Crippen LogP contribution < -0.4 is 5.73 Å². The molecule has 4 heteroatoms. The number of hydrogen-bond acceptors (Lipinski definition) is 3. The summed E-state index contributed by atoms with van der Waals surface area (Å²) in [4.78, 5) is 9.20. The Morgan fingerprint density at radius 1 is 1.19 bits per heavy atom. The van der Waals surface area contributed by atoms with E-state index >= 15 is 0 Å². The fraction of sp³-hybridized carbons (Fsp3) is 0.412. The molecule has 110 valence electrons. The van der Waals surface area contributed by atoms with Gasteiger partial charge in [0, 0.05) is 5.56 Å². The summed E-state index contributed by atoms with van der Waals surface area (Å²) in [6.07, 6.45) is 3.58. The molecule has 0 amide bonds. The van der Waals surface area contributed by atoms with Crippen molar-refractivity contribution in [2.75, 3.05) is 5.73 Å². The monoisotopic (exact) mass is 393 g/mol. The van der Waals surface area contributed by atoms with Crippen molar-refractivity contribution in [1.29, 1.82) is 0 Å². The van der Waals surface area contributed by atoms with Gasteiger partial charge in [0.05, 0.1) is 9.26 Å². The molecule has 3 nitrogen and oxygen atoms in total. The third kappa shape index (κ3) is 3.36. The Morgan fingerprint density at radius 2 is 1.86 bits per heavy atom. The predicted molar refractivity (Wildman–Crippen MR) is 95.1 cm³/mol. The Bertz CT molecular complexity index is 646. The first-order valence-corrected chi connectivity index (χ1v) is 8.54. The lowest BCUT2D eigenvalue weighted by atomic mass is 10.1. The highest BCUT2D eigenvalue weighted by Gasteiger charge is 2.23. The van der Waals surface area contributed by atoms with Crippen LogP contribution in [0.25, 0.3) is 11.4 Å². The molecule has 1 aliphatic rings. The minimum Gasteiger partial charge on any atom is -0.383 e. The summed E-state index contributed by atoms with van der Waals surface area (Å²) in [6.45, 7) is 4.39. The summed E-state index contributed by atoms with van der Waals surface area (Å²) in [6, 6.07) is 8.64. The van der Waals surface area contributed by atoms with Gasteiger partial charge in [-0.1, -0.05) is 38.1 Å². The fourth-order valence-electron chi connectivity index (χ4n) is 2.48. The van der Waals surface area contributed by atoms with Crippen LogP contribution in [0.2, 0.25) is 0 Å². The number of nitrogens with two attached hydrogens (primary N) is 1. The molecule has 1 saturated carbocycles. The van der Waals surface area contributed by atoms with Gasteiger partial charge in [0.15, 0.2) is 5.82 Å². The third-order valence-electron chi connectivity index (χ3n) is 3.76. The lowest BCUT2D eigenvalue weighted by molar-refractivity contribution is 0.632. The molecule has 0 radical (unpaired) electrons. The Kier molecular flexibility index (Phi) is 4.15. The highest BCUT2D eigenvalue weighted by molar-refractivity contribution is 14.1. The lowest BCUT2D eigenvalue weighted by Gasteiger charge is -2.11. The first-order valence-electron chi connectivity index (χ1n) is 7.47. The van der Waals surface area contributed by atoms with Gasteiger partial charge in [0.1, 0.15) is 5.82 Å². The van der Waals surface area contributed by atoms with Gasteiger partial charge in [-0.2, -0.15) is 0 Å². The molecule has 0 bridgehead atoms. The zero-order valence-electron chi connectivity index (χ0n) is 12.4. The van der Waals surface area contributed by atoms with Crippen LogP contribution in [0.1, 0.15) is 43.9 Å². The standard InChI is InChI=1S/C17H20IN3/c1-10(2)9-14-15(18)16(19)21-17(20-14)13-7-5-12(6-8-13)11-3-4-11/h5-8,10-11H,3-4,9H2,1-2H3,(H2,19,20,21). The van der Waals surface area contributed by atoms with Crippen molar-refractivity contribution in [3.05, 3.63) is 39.1 Å². The molecule has 1 heterocycles. The van der Waals surface area contributed by atoms with Crippen LogP contribution in [0.3, 0.4) is 0 Å². The predicted octanol–water partition coefficient (Wildman–Crippen LogP) is 4.41. The zero-order chi connectivity index (χ0) is 15.0. The Labute approximate surface area is 139 Å². The van der Waals surface area contributed by atoms with E-state index in [-0.39, 0.29) is 0 Å². The summed E-state index contributed by atoms with van der Waals surface area (Å²) < 4.78 is 0.986. The van der Waals surface area contributed by atoms with Crippen molar-refractivity contribution < 1.29 is 0 Å². The highest BCUT2D eigenvalue weighted by Crippen LogP contribution is 2.40. The minimum absolute atomic E-state index is 0.554. The smallest absolute Gasteiger partial charge is 0.161 e. The fourth-order valence-corrected chi connectivity index (χ4v) is 2.95. The molecule has 0 saturated heterocycles. The molecule has 0 atom stereocenters.